The number of anilines is 1. The summed E-state index contributed by atoms with van der Waals surface area (Å²) in [6.45, 7) is 6.10. The molecule has 1 aliphatic rings. The number of piperidine rings is 1. The smallest absolute Gasteiger partial charge is 0.290 e. The second-order valence-electron chi connectivity index (χ2n) is 4.48. The number of aromatic nitrogens is 2. The lowest BCUT2D eigenvalue weighted by molar-refractivity contribution is 0.385. The highest BCUT2D eigenvalue weighted by Crippen LogP contribution is 2.18. The molecule has 2 rings (SSSR count). The molecule has 0 aromatic carbocycles. The van der Waals surface area contributed by atoms with E-state index in [1.165, 1.54) is 0 Å². The lowest BCUT2D eigenvalue weighted by atomic mass is 9.97. The van der Waals surface area contributed by atoms with Crippen LogP contribution in [0.2, 0.25) is 0 Å². The first-order chi connectivity index (χ1) is 8.31. The average molecular weight is 236 g/mol. The highest BCUT2D eigenvalue weighted by molar-refractivity contribution is 5.35. The third-order valence-corrected chi connectivity index (χ3v) is 3.29. The van der Waals surface area contributed by atoms with Crippen molar-refractivity contribution < 1.29 is 0 Å². The molecule has 1 aromatic heterocycles. The zero-order valence-corrected chi connectivity index (χ0v) is 10.3. The maximum absolute atomic E-state index is 11.6. The summed E-state index contributed by atoms with van der Waals surface area (Å²) in [7, 11) is 0. The van der Waals surface area contributed by atoms with Crippen molar-refractivity contribution in [1.29, 1.82) is 0 Å². The Morgan fingerprint density at radius 1 is 1.53 bits per heavy atom. The van der Waals surface area contributed by atoms with Gasteiger partial charge in [0.15, 0.2) is 5.82 Å². The largest absolute Gasteiger partial charge is 0.352 e. The molecule has 0 bridgehead atoms. The van der Waals surface area contributed by atoms with E-state index in [-0.39, 0.29) is 5.56 Å². The highest BCUT2D eigenvalue weighted by atomic mass is 16.1. The van der Waals surface area contributed by atoms with E-state index in [0.717, 1.165) is 44.9 Å². The fraction of sp³-hybridized carbons (Fsp3) is 0.667. The van der Waals surface area contributed by atoms with Crippen molar-refractivity contribution in [3.63, 3.8) is 0 Å². The molecule has 1 fully saturated rings. The predicted molar refractivity (Wildman–Crippen MR) is 68.3 cm³/mol. The Morgan fingerprint density at radius 2 is 2.29 bits per heavy atom. The summed E-state index contributed by atoms with van der Waals surface area (Å²) in [5, 5.41) is 3.38. The molecule has 2 heterocycles. The summed E-state index contributed by atoms with van der Waals surface area (Å²) >= 11 is 0. The molecule has 0 unspecified atom stereocenters. The number of H-pyrrole nitrogens is 1. The van der Waals surface area contributed by atoms with E-state index in [9.17, 15) is 4.79 Å². The van der Waals surface area contributed by atoms with Gasteiger partial charge in [-0.1, -0.05) is 6.92 Å². The van der Waals surface area contributed by atoms with Gasteiger partial charge in [-0.25, -0.2) is 4.98 Å². The van der Waals surface area contributed by atoms with E-state index in [4.69, 9.17) is 0 Å². The molecule has 0 aliphatic carbocycles. The van der Waals surface area contributed by atoms with E-state index in [1.807, 2.05) is 0 Å². The zero-order valence-electron chi connectivity index (χ0n) is 10.3. The monoisotopic (exact) mass is 236 g/mol. The zero-order chi connectivity index (χ0) is 12.1. The van der Waals surface area contributed by atoms with Crippen molar-refractivity contribution in [2.45, 2.75) is 19.8 Å². The molecule has 17 heavy (non-hydrogen) atoms. The van der Waals surface area contributed by atoms with Crippen molar-refractivity contribution in [2.24, 2.45) is 5.92 Å². The Bertz CT molecular complexity index is 395. The first-order valence-electron chi connectivity index (χ1n) is 6.30. The Labute approximate surface area is 101 Å². The molecule has 0 atom stereocenters. The first kappa shape index (κ1) is 12.1. The number of nitrogens with one attached hydrogen (secondary N) is 2. The lowest BCUT2D eigenvalue weighted by Crippen LogP contribution is -2.40. The first-order valence-corrected chi connectivity index (χ1v) is 6.30. The summed E-state index contributed by atoms with van der Waals surface area (Å²) in [5.74, 6) is 1.29. The van der Waals surface area contributed by atoms with Gasteiger partial charge in [-0.05, 0) is 31.8 Å². The van der Waals surface area contributed by atoms with Crippen LogP contribution in [0.4, 0.5) is 5.82 Å². The van der Waals surface area contributed by atoms with Crippen LogP contribution in [0.1, 0.15) is 19.8 Å². The van der Waals surface area contributed by atoms with Crippen molar-refractivity contribution in [3.8, 4) is 0 Å². The fourth-order valence-corrected chi connectivity index (χ4v) is 2.27. The van der Waals surface area contributed by atoms with Gasteiger partial charge >= 0.3 is 0 Å². The highest BCUT2D eigenvalue weighted by Gasteiger charge is 2.21. The number of hydrogen-bond donors (Lipinski definition) is 2. The number of rotatable bonds is 4. The van der Waals surface area contributed by atoms with Crippen LogP contribution in [0, 0.1) is 5.92 Å². The standard InChI is InChI=1S/C12H20N4O/c1-2-13-9-10-3-7-16(8-4-10)11-12(17)15-6-5-14-11/h5-6,10,13H,2-4,7-9H2,1H3,(H,15,17). The third kappa shape index (κ3) is 3.06. The molecule has 5 nitrogen and oxygen atoms in total. The topological polar surface area (TPSA) is 61.0 Å². The van der Waals surface area contributed by atoms with Crippen LogP contribution in [0.5, 0.6) is 0 Å². The van der Waals surface area contributed by atoms with Gasteiger partial charge < -0.3 is 15.2 Å². The van der Waals surface area contributed by atoms with Gasteiger partial charge in [0.1, 0.15) is 0 Å². The van der Waals surface area contributed by atoms with Gasteiger partial charge in [-0.2, -0.15) is 0 Å². The van der Waals surface area contributed by atoms with Gasteiger partial charge in [0, 0.05) is 25.5 Å². The summed E-state index contributed by atoms with van der Waals surface area (Å²) in [4.78, 5) is 20.5. The van der Waals surface area contributed by atoms with Crippen molar-refractivity contribution in [1.82, 2.24) is 15.3 Å². The number of aromatic amines is 1. The third-order valence-electron chi connectivity index (χ3n) is 3.29. The molecule has 0 saturated carbocycles. The Morgan fingerprint density at radius 3 is 2.94 bits per heavy atom. The van der Waals surface area contributed by atoms with Crippen LogP contribution in [0.15, 0.2) is 17.2 Å². The normalized spacial score (nSPS) is 17.4. The van der Waals surface area contributed by atoms with E-state index in [0.29, 0.717) is 5.82 Å². The molecule has 1 aliphatic heterocycles. The van der Waals surface area contributed by atoms with Crippen molar-refractivity contribution >= 4 is 5.82 Å². The summed E-state index contributed by atoms with van der Waals surface area (Å²) in [5.41, 5.74) is -0.0855. The van der Waals surface area contributed by atoms with Gasteiger partial charge in [-0.3, -0.25) is 4.79 Å². The van der Waals surface area contributed by atoms with Gasteiger partial charge in [0.2, 0.25) is 0 Å². The molecule has 1 saturated heterocycles. The van der Waals surface area contributed by atoms with Gasteiger partial charge in [0.25, 0.3) is 5.56 Å². The number of hydrogen-bond acceptors (Lipinski definition) is 4. The summed E-state index contributed by atoms with van der Waals surface area (Å²) in [6, 6.07) is 0. The van der Waals surface area contributed by atoms with E-state index in [1.54, 1.807) is 12.4 Å². The van der Waals surface area contributed by atoms with Gasteiger partial charge in [-0.15, -0.1) is 0 Å². The Kier molecular flexibility index (Phi) is 4.14. The van der Waals surface area contributed by atoms with Crippen LogP contribution in [-0.2, 0) is 0 Å². The predicted octanol–water partition coefficient (Wildman–Crippen LogP) is 0.596. The average Bonchev–Trinajstić information content (AvgIpc) is 2.38. The van der Waals surface area contributed by atoms with Crippen molar-refractivity contribution in [2.75, 3.05) is 31.1 Å². The number of nitrogens with zero attached hydrogens (tertiary/aromatic N) is 2. The molecule has 0 amide bonds. The minimum Gasteiger partial charge on any atom is -0.352 e. The molecule has 0 spiro atoms. The minimum absolute atomic E-state index is 0.0855. The van der Waals surface area contributed by atoms with Gasteiger partial charge in [0.05, 0.1) is 0 Å². The van der Waals surface area contributed by atoms with E-state index in [2.05, 4.69) is 27.1 Å². The molecule has 2 N–H and O–H groups in total. The van der Waals surface area contributed by atoms with Crippen LogP contribution in [-0.4, -0.2) is 36.1 Å². The molecular formula is C12H20N4O. The molecule has 0 radical (unpaired) electrons. The molecule has 5 heteroatoms. The minimum atomic E-state index is -0.0855. The SMILES string of the molecule is CCNCC1CCN(c2ncc[nH]c2=O)CC1. The maximum Gasteiger partial charge on any atom is 0.290 e. The van der Waals surface area contributed by atoms with Crippen LogP contribution in [0.3, 0.4) is 0 Å². The quantitative estimate of drug-likeness (QED) is 0.803. The summed E-state index contributed by atoms with van der Waals surface area (Å²) < 4.78 is 0. The van der Waals surface area contributed by atoms with Crippen molar-refractivity contribution in [3.05, 3.63) is 22.7 Å². The maximum atomic E-state index is 11.6. The lowest BCUT2D eigenvalue weighted by Gasteiger charge is -2.32. The Balaban J connectivity index is 1.91. The van der Waals surface area contributed by atoms with Crippen LogP contribution in [0.25, 0.3) is 0 Å². The second kappa shape index (κ2) is 5.82. The molecule has 1 aromatic rings. The molecular weight excluding hydrogens is 216 g/mol. The van der Waals surface area contributed by atoms with Crippen LogP contribution >= 0.6 is 0 Å². The summed E-state index contributed by atoms with van der Waals surface area (Å²) in [6.07, 6.45) is 5.47. The Hall–Kier alpha value is -1.36. The van der Waals surface area contributed by atoms with Crippen LogP contribution < -0.4 is 15.8 Å². The van der Waals surface area contributed by atoms with E-state index < -0.39 is 0 Å². The fourth-order valence-electron chi connectivity index (χ4n) is 2.27. The molecule has 94 valence electrons. The van der Waals surface area contributed by atoms with E-state index >= 15 is 0 Å². The second-order valence-corrected chi connectivity index (χ2v) is 4.48.